The highest BCUT2D eigenvalue weighted by molar-refractivity contribution is 7.91. The number of amides is 2. The maximum absolute atomic E-state index is 12.8. The van der Waals surface area contributed by atoms with Crippen LogP contribution in [0.25, 0.3) is 10.9 Å². The fourth-order valence-electron chi connectivity index (χ4n) is 2.96. The average molecular weight is 494 g/mol. The molecule has 0 saturated carbocycles. The van der Waals surface area contributed by atoms with Gasteiger partial charge in [0.25, 0.3) is 5.91 Å². The summed E-state index contributed by atoms with van der Waals surface area (Å²) < 4.78 is 29.3. The number of aromatic amines is 1. The average Bonchev–Trinajstić information content (AvgIpc) is 3.19. The standard InChI is InChI=1S/C21H20ClN3O7S/c1-3-33(30,31)13-8-15(24-18(26)10-19(27)32-2)20(28)16(9-13)25-21(29)17-7-11-6-12(22)4-5-14(11)23-17/h4-9,23,28H,3,10H2,1-2H3,(H,24,26)(H,25,29). The van der Waals surface area contributed by atoms with E-state index in [1.807, 2.05) is 0 Å². The number of methoxy groups -OCH3 is 1. The molecule has 2 amide bonds. The summed E-state index contributed by atoms with van der Waals surface area (Å²) in [7, 11) is -2.67. The van der Waals surface area contributed by atoms with Gasteiger partial charge in [0.05, 0.1) is 29.1 Å². The van der Waals surface area contributed by atoms with Crippen molar-refractivity contribution in [2.45, 2.75) is 18.2 Å². The Kier molecular flexibility index (Phi) is 6.94. The molecule has 10 nitrogen and oxygen atoms in total. The van der Waals surface area contributed by atoms with E-state index in [9.17, 15) is 27.9 Å². The molecule has 0 aliphatic carbocycles. The van der Waals surface area contributed by atoms with Crippen molar-refractivity contribution in [3.05, 3.63) is 47.1 Å². The molecule has 0 saturated heterocycles. The molecule has 0 fully saturated rings. The van der Waals surface area contributed by atoms with Crippen LogP contribution in [0.4, 0.5) is 11.4 Å². The van der Waals surface area contributed by atoms with Gasteiger partial charge in [-0.15, -0.1) is 0 Å². The van der Waals surface area contributed by atoms with Crippen LogP contribution in [-0.2, 0) is 24.2 Å². The Hall–Kier alpha value is -3.57. The molecule has 174 valence electrons. The van der Waals surface area contributed by atoms with Crippen molar-refractivity contribution in [3.8, 4) is 5.75 Å². The first-order chi connectivity index (χ1) is 15.5. The Balaban J connectivity index is 1.98. The number of aromatic hydroxyl groups is 1. The number of phenolic OH excluding ortho intramolecular Hbond substituents is 1. The van der Waals surface area contributed by atoms with Crippen molar-refractivity contribution >= 4 is 61.5 Å². The van der Waals surface area contributed by atoms with E-state index < -0.39 is 39.8 Å². The highest BCUT2D eigenvalue weighted by Gasteiger charge is 2.22. The van der Waals surface area contributed by atoms with Gasteiger partial charge in [-0.3, -0.25) is 14.4 Å². The summed E-state index contributed by atoms with van der Waals surface area (Å²) in [5, 5.41) is 16.5. The van der Waals surface area contributed by atoms with Gasteiger partial charge in [-0.05, 0) is 36.4 Å². The minimum Gasteiger partial charge on any atom is -0.504 e. The molecule has 1 heterocycles. The molecule has 12 heteroatoms. The van der Waals surface area contributed by atoms with E-state index >= 15 is 0 Å². The second-order valence-electron chi connectivity index (χ2n) is 6.94. The van der Waals surface area contributed by atoms with Crippen LogP contribution in [0, 0.1) is 0 Å². The molecule has 2 aromatic carbocycles. The van der Waals surface area contributed by atoms with E-state index in [-0.39, 0.29) is 27.7 Å². The van der Waals surface area contributed by atoms with E-state index in [1.54, 1.807) is 24.3 Å². The van der Waals surface area contributed by atoms with Gasteiger partial charge in [-0.2, -0.15) is 0 Å². The molecule has 33 heavy (non-hydrogen) atoms. The second kappa shape index (κ2) is 9.51. The number of hydrogen-bond acceptors (Lipinski definition) is 7. The fourth-order valence-corrected chi connectivity index (χ4v) is 4.07. The molecule has 0 radical (unpaired) electrons. The number of phenols is 1. The number of fused-ring (bicyclic) bond motifs is 1. The van der Waals surface area contributed by atoms with Gasteiger partial charge >= 0.3 is 5.97 Å². The molecule has 0 unspecified atom stereocenters. The number of hydrogen-bond donors (Lipinski definition) is 4. The van der Waals surface area contributed by atoms with Crippen molar-refractivity contribution < 1.29 is 32.6 Å². The molecular weight excluding hydrogens is 474 g/mol. The van der Waals surface area contributed by atoms with Crippen molar-refractivity contribution in [2.24, 2.45) is 0 Å². The van der Waals surface area contributed by atoms with Crippen molar-refractivity contribution in [2.75, 3.05) is 23.5 Å². The number of anilines is 2. The van der Waals surface area contributed by atoms with Crippen LogP contribution >= 0.6 is 11.6 Å². The van der Waals surface area contributed by atoms with Crippen LogP contribution in [-0.4, -0.2) is 49.2 Å². The van der Waals surface area contributed by atoms with E-state index in [4.69, 9.17) is 11.6 Å². The lowest BCUT2D eigenvalue weighted by molar-refractivity contribution is -0.142. The number of halogens is 1. The molecule has 0 atom stereocenters. The van der Waals surface area contributed by atoms with Crippen LogP contribution < -0.4 is 10.6 Å². The summed E-state index contributed by atoms with van der Waals surface area (Å²) in [5.41, 5.74) is 0.232. The Morgan fingerprint density at radius 1 is 1.09 bits per heavy atom. The second-order valence-corrected chi connectivity index (χ2v) is 9.65. The van der Waals surface area contributed by atoms with E-state index in [0.717, 1.165) is 19.2 Å². The molecule has 0 spiro atoms. The lowest BCUT2D eigenvalue weighted by Crippen LogP contribution is -2.18. The lowest BCUT2D eigenvalue weighted by Gasteiger charge is -2.14. The predicted octanol–water partition coefficient (Wildman–Crippen LogP) is 3.07. The first-order valence-electron chi connectivity index (χ1n) is 9.60. The van der Waals surface area contributed by atoms with Gasteiger partial charge in [0, 0.05) is 15.9 Å². The quantitative estimate of drug-likeness (QED) is 0.224. The Labute approximate surface area is 193 Å². The summed E-state index contributed by atoms with van der Waals surface area (Å²) in [6, 6.07) is 8.67. The van der Waals surface area contributed by atoms with Crippen molar-refractivity contribution in [3.63, 3.8) is 0 Å². The number of sulfone groups is 1. The van der Waals surface area contributed by atoms with Crippen molar-refractivity contribution in [1.29, 1.82) is 0 Å². The molecule has 3 aromatic rings. The minimum atomic E-state index is -3.78. The number of carbonyl (C=O) groups is 3. The molecule has 4 N–H and O–H groups in total. The summed E-state index contributed by atoms with van der Waals surface area (Å²) in [6.07, 6.45) is -0.653. The Morgan fingerprint density at radius 2 is 1.76 bits per heavy atom. The summed E-state index contributed by atoms with van der Waals surface area (Å²) in [4.78, 5) is 38.8. The number of benzene rings is 2. The summed E-state index contributed by atoms with van der Waals surface area (Å²) in [5.74, 6) is -3.18. The van der Waals surface area contributed by atoms with Crippen LogP contribution in [0.15, 0.2) is 41.3 Å². The minimum absolute atomic E-state index is 0.131. The number of aromatic nitrogens is 1. The van der Waals surface area contributed by atoms with Crippen molar-refractivity contribution in [1.82, 2.24) is 4.98 Å². The number of rotatable bonds is 7. The van der Waals surface area contributed by atoms with Gasteiger partial charge in [0.2, 0.25) is 5.91 Å². The van der Waals surface area contributed by atoms with Gasteiger partial charge in [0.15, 0.2) is 15.6 Å². The van der Waals surface area contributed by atoms with Crippen LogP contribution in [0.2, 0.25) is 5.02 Å². The molecular formula is C21H20ClN3O7S. The summed E-state index contributed by atoms with van der Waals surface area (Å²) >= 11 is 5.96. The van der Waals surface area contributed by atoms with E-state index in [0.29, 0.717) is 15.9 Å². The zero-order valence-corrected chi connectivity index (χ0v) is 19.1. The third-order valence-corrected chi connectivity index (χ3v) is 6.65. The topological polar surface area (TPSA) is 155 Å². The normalized spacial score (nSPS) is 11.2. The molecule has 3 rings (SSSR count). The zero-order valence-electron chi connectivity index (χ0n) is 17.6. The predicted molar refractivity (Wildman–Crippen MR) is 122 cm³/mol. The van der Waals surface area contributed by atoms with Gasteiger partial charge < -0.3 is 25.5 Å². The molecule has 0 bridgehead atoms. The molecule has 1 aromatic heterocycles. The Morgan fingerprint density at radius 3 is 2.39 bits per heavy atom. The monoisotopic (exact) mass is 493 g/mol. The van der Waals surface area contributed by atoms with Crippen LogP contribution in [0.3, 0.4) is 0 Å². The maximum Gasteiger partial charge on any atom is 0.315 e. The highest BCUT2D eigenvalue weighted by Crippen LogP contribution is 2.36. The SMILES string of the molecule is CCS(=O)(=O)c1cc(NC(=O)CC(=O)OC)c(O)c(NC(=O)c2cc3cc(Cl)ccc3[nH]2)c1. The fraction of sp³-hybridized carbons (Fsp3) is 0.190. The third kappa shape index (κ3) is 5.44. The number of carbonyl (C=O) groups excluding carboxylic acids is 3. The number of ether oxygens (including phenoxy) is 1. The van der Waals surface area contributed by atoms with Gasteiger partial charge in [0.1, 0.15) is 12.1 Å². The largest absolute Gasteiger partial charge is 0.504 e. The first kappa shape index (κ1) is 24.1. The smallest absolute Gasteiger partial charge is 0.315 e. The number of H-pyrrole nitrogens is 1. The number of nitrogens with one attached hydrogen (secondary N) is 3. The third-order valence-electron chi connectivity index (χ3n) is 4.70. The van der Waals surface area contributed by atoms with Gasteiger partial charge in [-0.1, -0.05) is 18.5 Å². The zero-order chi connectivity index (χ0) is 24.3. The maximum atomic E-state index is 12.8. The van der Waals surface area contributed by atoms with Gasteiger partial charge in [-0.25, -0.2) is 8.42 Å². The van der Waals surface area contributed by atoms with Crippen LogP contribution in [0.1, 0.15) is 23.8 Å². The Bertz CT molecular complexity index is 1370. The highest BCUT2D eigenvalue weighted by atomic mass is 35.5. The number of esters is 1. The first-order valence-corrected chi connectivity index (χ1v) is 11.6. The van der Waals surface area contributed by atoms with E-state index in [1.165, 1.54) is 6.92 Å². The molecule has 0 aliphatic heterocycles. The lowest BCUT2D eigenvalue weighted by atomic mass is 10.2. The summed E-state index contributed by atoms with van der Waals surface area (Å²) in [6.45, 7) is 1.42. The van der Waals surface area contributed by atoms with E-state index in [2.05, 4.69) is 20.4 Å². The molecule has 0 aliphatic rings. The van der Waals surface area contributed by atoms with Crippen LogP contribution in [0.5, 0.6) is 5.75 Å².